The number of hydrogen-bond acceptors (Lipinski definition) is 5. The molecule has 0 N–H and O–H groups in total. The lowest BCUT2D eigenvalue weighted by Gasteiger charge is -2.20. The van der Waals surface area contributed by atoms with Gasteiger partial charge < -0.3 is 9.15 Å². The van der Waals surface area contributed by atoms with Crippen molar-refractivity contribution in [2.24, 2.45) is 17.8 Å². The van der Waals surface area contributed by atoms with Crippen LogP contribution in [-0.2, 0) is 16.1 Å². The summed E-state index contributed by atoms with van der Waals surface area (Å²) in [6.45, 7) is 2.07. The van der Waals surface area contributed by atoms with Crippen molar-refractivity contribution in [3.63, 3.8) is 0 Å². The summed E-state index contributed by atoms with van der Waals surface area (Å²) in [5.41, 5.74) is 2.01. The number of rotatable bonds is 5. The SMILES string of the molecule is Cc1cccc(-c2nnc(COC(=O)C[C@@H]3C[C@@H]4CC[C@@H]3C4)o2)c1. The molecule has 126 valence electrons. The molecule has 3 atom stereocenters. The maximum absolute atomic E-state index is 12.1. The standard InChI is InChI=1S/C19H22N2O3/c1-12-3-2-4-15(7-12)19-21-20-17(24-19)11-23-18(22)10-16-9-13-5-6-14(16)8-13/h2-4,7,13-14,16H,5-6,8-11H2,1H3/t13-,14-,16+/m1/s1. The molecule has 5 nitrogen and oxygen atoms in total. The number of carbonyl (C=O) groups is 1. The molecule has 0 unspecified atom stereocenters. The highest BCUT2D eigenvalue weighted by molar-refractivity contribution is 5.69. The molecule has 5 heteroatoms. The van der Waals surface area contributed by atoms with Crippen molar-refractivity contribution in [3.05, 3.63) is 35.7 Å². The Morgan fingerprint density at radius 1 is 1.29 bits per heavy atom. The molecule has 24 heavy (non-hydrogen) atoms. The topological polar surface area (TPSA) is 65.2 Å². The summed E-state index contributed by atoms with van der Waals surface area (Å²) < 4.78 is 10.9. The van der Waals surface area contributed by atoms with E-state index in [1.165, 1.54) is 25.7 Å². The molecule has 0 amide bonds. The van der Waals surface area contributed by atoms with Gasteiger partial charge in [0.25, 0.3) is 5.89 Å². The fourth-order valence-corrected chi connectivity index (χ4v) is 4.25. The van der Waals surface area contributed by atoms with E-state index >= 15 is 0 Å². The second-order valence-electron chi connectivity index (χ2n) is 7.17. The second-order valence-corrected chi connectivity index (χ2v) is 7.17. The zero-order chi connectivity index (χ0) is 16.5. The van der Waals surface area contributed by atoms with Gasteiger partial charge in [-0.05, 0) is 56.1 Å². The fourth-order valence-electron chi connectivity index (χ4n) is 4.25. The van der Waals surface area contributed by atoms with Crippen LogP contribution >= 0.6 is 0 Å². The monoisotopic (exact) mass is 326 g/mol. The minimum absolute atomic E-state index is 0.0540. The first-order chi connectivity index (χ1) is 11.7. The van der Waals surface area contributed by atoms with Crippen LogP contribution < -0.4 is 0 Å². The Kier molecular flexibility index (Phi) is 4.08. The van der Waals surface area contributed by atoms with Crippen molar-refractivity contribution in [2.45, 2.75) is 45.6 Å². The summed E-state index contributed by atoms with van der Waals surface area (Å²) in [7, 11) is 0. The smallest absolute Gasteiger partial charge is 0.306 e. The van der Waals surface area contributed by atoms with Crippen LogP contribution in [-0.4, -0.2) is 16.2 Å². The molecule has 2 aliphatic carbocycles. The molecular weight excluding hydrogens is 304 g/mol. The van der Waals surface area contributed by atoms with Crippen LogP contribution in [0.1, 0.15) is 43.6 Å². The number of aromatic nitrogens is 2. The van der Waals surface area contributed by atoms with Crippen molar-refractivity contribution in [1.82, 2.24) is 10.2 Å². The third kappa shape index (κ3) is 3.21. The molecule has 2 saturated carbocycles. The lowest BCUT2D eigenvalue weighted by atomic mass is 9.86. The van der Waals surface area contributed by atoms with Gasteiger partial charge in [0.05, 0.1) is 0 Å². The van der Waals surface area contributed by atoms with Crippen LogP contribution in [0.15, 0.2) is 28.7 Å². The Balaban J connectivity index is 1.31. The van der Waals surface area contributed by atoms with E-state index in [-0.39, 0.29) is 12.6 Å². The normalized spacial score (nSPS) is 25.1. The highest BCUT2D eigenvalue weighted by Crippen LogP contribution is 2.49. The van der Waals surface area contributed by atoms with E-state index in [0.29, 0.717) is 24.1 Å². The Hall–Kier alpha value is -2.17. The van der Waals surface area contributed by atoms with Crippen LogP contribution in [0.25, 0.3) is 11.5 Å². The van der Waals surface area contributed by atoms with E-state index < -0.39 is 0 Å². The minimum atomic E-state index is -0.150. The number of fused-ring (bicyclic) bond motifs is 2. The predicted molar refractivity (Wildman–Crippen MR) is 87.8 cm³/mol. The van der Waals surface area contributed by atoms with Crippen molar-refractivity contribution in [2.75, 3.05) is 0 Å². The Labute approximate surface area is 141 Å². The van der Waals surface area contributed by atoms with Crippen molar-refractivity contribution in [3.8, 4) is 11.5 Å². The molecule has 0 radical (unpaired) electrons. The van der Waals surface area contributed by atoms with E-state index in [2.05, 4.69) is 10.2 Å². The lowest BCUT2D eigenvalue weighted by Crippen LogP contribution is -2.17. The average molecular weight is 326 g/mol. The van der Waals surface area contributed by atoms with Gasteiger partial charge in [-0.3, -0.25) is 4.79 Å². The molecule has 1 heterocycles. The predicted octanol–water partition coefficient (Wildman–Crippen LogP) is 3.91. The van der Waals surface area contributed by atoms with E-state index in [9.17, 15) is 4.79 Å². The van der Waals surface area contributed by atoms with Gasteiger partial charge >= 0.3 is 5.97 Å². The lowest BCUT2D eigenvalue weighted by molar-refractivity contribution is -0.147. The zero-order valence-corrected chi connectivity index (χ0v) is 13.9. The quantitative estimate of drug-likeness (QED) is 0.779. The van der Waals surface area contributed by atoms with E-state index in [1.807, 2.05) is 31.2 Å². The van der Waals surface area contributed by atoms with Crippen molar-refractivity contribution in [1.29, 1.82) is 0 Å². The molecule has 2 bridgehead atoms. The van der Waals surface area contributed by atoms with Crippen LogP contribution in [0.4, 0.5) is 0 Å². The second kappa shape index (κ2) is 6.38. The first-order valence-corrected chi connectivity index (χ1v) is 8.72. The summed E-state index contributed by atoms with van der Waals surface area (Å²) in [6.07, 6.45) is 5.66. The van der Waals surface area contributed by atoms with Gasteiger partial charge in [-0.25, -0.2) is 0 Å². The van der Waals surface area contributed by atoms with Crippen LogP contribution in [0.3, 0.4) is 0 Å². The summed E-state index contributed by atoms with van der Waals surface area (Å²) in [4.78, 5) is 12.1. The number of esters is 1. The number of benzene rings is 1. The fraction of sp³-hybridized carbons (Fsp3) is 0.526. The molecular formula is C19H22N2O3. The number of hydrogen-bond donors (Lipinski definition) is 0. The maximum Gasteiger partial charge on any atom is 0.306 e. The van der Waals surface area contributed by atoms with E-state index in [4.69, 9.17) is 9.15 Å². The van der Waals surface area contributed by atoms with Crippen LogP contribution in [0.2, 0.25) is 0 Å². The highest BCUT2D eigenvalue weighted by atomic mass is 16.5. The molecule has 4 rings (SSSR count). The van der Waals surface area contributed by atoms with Crippen molar-refractivity contribution >= 4 is 5.97 Å². The minimum Gasteiger partial charge on any atom is -0.456 e. The van der Waals surface area contributed by atoms with E-state index in [1.54, 1.807) is 0 Å². The van der Waals surface area contributed by atoms with Crippen LogP contribution in [0.5, 0.6) is 0 Å². The summed E-state index contributed by atoms with van der Waals surface area (Å²) in [6, 6.07) is 7.87. The molecule has 2 aromatic rings. The Morgan fingerprint density at radius 2 is 2.21 bits per heavy atom. The molecule has 0 aliphatic heterocycles. The Bertz CT molecular complexity index is 740. The first kappa shape index (κ1) is 15.4. The van der Waals surface area contributed by atoms with Gasteiger partial charge in [-0.2, -0.15) is 0 Å². The average Bonchev–Trinajstić information content (AvgIpc) is 3.29. The number of ether oxygens (including phenoxy) is 1. The van der Waals surface area contributed by atoms with Gasteiger partial charge in [0.15, 0.2) is 6.61 Å². The summed E-state index contributed by atoms with van der Waals surface area (Å²) in [5, 5.41) is 8.00. The number of carbonyl (C=O) groups excluding carboxylic acids is 1. The third-order valence-corrected chi connectivity index (χ3v) is 5.40. The van der Waals surface area contributed by atoms with Crippen molar-refractivity contribution < 1.29 is 13.9 Å². The molecule has 2 aliphatic rings. The van der Waals surface area contributed by atoms with Gasteiger partial charge in [0.1, 0.15) is 0 Å². The number of nitrogens with zero attached hydrogens (tertiary/aromatic N) is 2. The largest absolute Gasteiger partial charge is 0.456 e. The molecule has 0 saturated heterocycles. The zero-order valence-electron chi connectivity index (χ0n) is 13.9. The third-order valence-electron chi connectivity index (χ3n) is 5.40. The molecule has 2 fully saturated rings. The summed E-state index contributed by atoms with van der Waals surface area (Å²) >= 11 is 0. The van der Waals surface area contributed by atoms with E-state index in [0.717, 1.165) is 23.0 Å². The van der Waals surface area contributed by atoms with Crippen LogP contribution in [0, 0.1) is 24.7 Å². The molecule has 1 aromatic carbocycles. The van der Waals surface area contributed by atoms with Gasteiger partial charge in [0, 0.05) is 12.0 Å². The van der Waals surface area contributed by atoms with Gasteiger partial charge in [-0.1, -0.05) is 24.1 Å². The first-order valence-electron chi connectivity index (χ1n) is 8.72. The Morgan fingerprint density at radius 3 is 2.96 bits per heavy atom. The highest BCUT2D eigenvalue weighted by Gasteiger charge is 2.40. The molecule has 0 spiro atoms. The van der Waals surface area contributed by atoms with Gasteiger partial charge in [-0.15, -0.1) is 10.2 Å². The summed E-state index contributed by atoms with van der Waals surface area (Å²) in [5.74, 6) is 2.75. The van der Waals surface area contributed by atoms with Gasteiger partial charge in [0.2, 0.25) is 5.89 Å². The molecule has 1 aromatic heterocycles. The maximum atomic E-state index is 12.1. The number of aryl methyl sites for hydroxylation is 1.